The van der Waals surface area contributed by atoms with Gasteiger partial charge in [0.1, 0.15) is 11.9 Å². The summed E-state index contributed by atoms with van der Waals surface area (Å²) in [6, 6.07) is 0. The Hall–Kier alpha value is -0.380. The van der Waals surface area contributed by atoms with Crippen LogP contribution in [0.2, 0.25) is 0 Å². The van der Waals surface area contributed by atoms with Crippen LogP contribution in [0.4, 0.5) is 0 Å². The van der Waals surface area contributed by atoms with Crippen LogP contribution >= 0.6 is 15.9 Å². The molecule has 4 saturated carbocycles. The van der Waals surface area contributed by atoms with Crippen molar-refractivity contribution in [3.8, 4) is 0 Å². The Bertz CT molecular complexity index is 779. The first-order valence-electron chi connectivity index (χ1n) is 14.2. The molecule has 0 aromatic heterocycles. The molecular formula is C30H49BrO3. The number of alkyl halides is 1. The van der Waals surface area contributed by atoms with E-state index in [-0.39, 0.29) is 27.7 Å². The predicted molar refractivity (Wildman–Crippen MR) is 142 cm³/mol. The minimum absolute atomic E-state index is 0.00756. The maximum atomic E-state index is 12.6. The Morgan fingerprint density at radius 3 is 2.38 bits per heavy atom. The maximum absolute atomic E-state index is 12.6. The number of esters is 1. The molecule has 4 heteroatoms. The Kier molecular flexibility index (Phi) is 7.71. The summed E-state index contributed by atoms with van der Waals surface area (Å²) in [7, 11) is 0. The standard InChI is InChI=1S/C30H49BrO3/c1-17(2)18(3)8-9-19(4)23-12-13-24-22-11-10-21-14-26(33)25(31)15-29(21,6)28(22)27(34-20(5)32)16-30(23,24)7/h17-19,21-25,27-28H,8-16H2,1-7H3/t18-,19+,21-,22-,23+,24-,25+,27+,28+,29-,30+/m0/s1. The largest absolute Gasteiger partial charge is 0.462 e. The van der Waals surface area contributed by atoms with Gasteiger partial charge in [0.25, 0.3) is 0 Å². The second-order valence-electron chi connectivity index (χ2n) is 13.7. The van der Waals surface area contributed by atoms with Crippen molar-refractivity contribution >= 4 is 27.7 Å². The zero-order chi connectivity index (χ0) is 25.0. The van der Waals surface area contributed by atoms with E-state index in [0.717, 1.165) is 48.9 Å². The number of carbonyl (C=O) groups is 2. The molecule has 4 aliphatic carbocycles. The van der Waals surface area contributed by atoms with Crippen LogP contribution in [0.3, 0.4) is 0 Å². The molecule has 0 aromatic rings. The number of ketones is 1. The third kappa shape index (κ3) is 4.56. The minimum Gasteiger partial charge on any atom is -0.462 e. The molecule has 0 heterocycles. The molecular weight excluding hydrogens is 488 g/mol. The van der Waals surface area contributed by atoms with Gasteiger partial charge in [0, 0.05) is 19.3 Å². The molecule has 3 nitrogen and oxygen atoms in total. The molecule has 194 valence electrons. The fourth-order valence-electron chi connectivity index (χ4n) is 9.51. The van der Waals surface area contributed by atoms with Gasteiger partial charge in [0.15, 0.2) is 0 Å². The molecule has 34 heavy (non-hydrogen) atoms. The molecule has 4 rings (SSSR count). The number of hydrogen-bond acceptors (Lipinski definition) is 3. The molecule has 4 aliphatic rings. The van der Waals surface area contributed by atoms with Crippen molar-refractivity contribution in [2.75, 3.05) is 0 Å². The Labute approximate surface area is 217 Å². The van der Waals surface area contributed by atoms with Gasteiger partial charge in [-0.3, -0.25) is 9.59 Å². The van der Waals surface area contributed by atoms with Crippen LogP contribution in [0.25, 0.3) is 0 Å². The summed E-state index contributed by atoms with van der Waals surface area (Å²) in [5, 5.41) is 0. The molecule has 11 atom stereocenters. The topological polar surface area (TPSA) is 43.4 Å². The molecule has 0 bridgehead atoms. The first-order valence-corrected chi connectivity index (χ1v) is 15.1. The number of halogens is 1. The first kappa shape index (κ1) is 26.7. The third-order valence-corrected chi connectivity index (χ3v) is 12.5. The van der Waals surface area contributed by atoms with Crippen LogP contribution < -0.4 is 0 Å². The highest BCUT2D eigenvalue weighted by molar-refractivity contribution is 9.10. The van der Waals surface area contributed by atoms with Crippen molar-refractivity contribution < 1.29 is 14.3 Å². The first-order chi connectivity index (χ1) is 15.9. The van der Waals surface area contributed by atoms with E-state index < -0.39 is 0 Å². The number of hydrogen-bond donors (Lipinski definition) is 0. The van der Waals surface area contributed by atoms with Gasteiger partial charge in [-0.05, 0) is 90.8 Å². The van der Waals surface area contributed by atoms with E-state index >= 15 is 0 Å². The van der Waals surface area contributed by atoms with Crippen molar-refractivity contribution in [1.29, 1.82) is 0 Å². The predicted octanol–water partition coefficient (Wildman–Crippen LogP) is 7.84. The summed E-state index contributed by atoms with van der Waals surface area (Å²) in [6.07, 6.45) is 10.2. The average molecular weight is 538 g/mol. The molecule has 0 N–H and O–H groups in total. The highest BCUT2D eigenvalue weighted by Gasteiger charge is 2.65. The second kappa shape index (κ2) is 9.82. The van der Waals surface area contributed by atoms with Gasteiger partial charge < -0.3 is 4.74 Å². The van der Waals surface area contributed by atoms with E-state index in [0.29, 0.717) is 30.0 Å². The van der Waals surface area contributed by atoms with Crippen LogP contribution in [0.5, 0.6) is 0 Å². The lowest BCUT2D eigenvalue weighted by atomic mass is 9.43. The summed E-state index contributed by atoms with van der Waals surface area (Å²) >= 11 is 3.72. The number of Topliss-reactive ketones (excluding diaryl/α,β-unsaturated/α-hetero) is 1. The van der Waals surface area contributed by atoms with Crippen molar-refractivity contribution in [3.63, 3.8) is 0 Å². The lowest BCUT2D eigenvalue weighted by molar-refractivity contribution is -0.194. The van der Waals surface area contributed by atoms with Crippen molar-refractivity contribution in [1.82, 2.24) is 0 Å². The third-order valence-electron chi connectivity index (χ3n) is 11.7. The van der Waals surface area contributed by atoms with Crippen LogP contribution in [0.15, 0.2) is 0 Å². The van der Waals surface area contributed by atoms with E-state index in [1.54, 1.807) is 6.92 Å². The minimum atomic E-state index is -0.132. The van der Waals surface area contributed by atoms with Gasteiger partial charge in [-0.15, -0.1) is 0 Å². The van der Waals surface area contributed by atoms with Crippen LogP contribution in [-0.2, 0) is 14.3 Å². The highest BCUT2D eigenvalue weighted by atomic mass is 79.9. The monoisotopic (exact) mass is 536 g/mol. The quantitative estimate of drug-likeness (QED) is 0.256. The maximum Gasteiger partial charge on any atom is 0.302 e. The van der Waals surface area contributed by atoms with E-state index in [9.17, 15) is 9.59 Å². The van der Waals surface area contributed by atoms with E-state index in [1.807, 2.05) is 0 Å². The van der Waals surface area contributed by atoms with E-state index in [4.69, 9.17) is 4.74 Å². The van der Waals surface area contributed by atoms with Gasteiger partial charge in [0.2, 0.25) is 0 Å². The van der Waals surface area contributed by atoms with Crippen molar-refractivity contribution in [2.24, 2.45) is 58.2 Å². The Morgan fingerprint density at radius 2 is 1.74 bits per heavy atom. The smallest absolute Gasteiger partial charge is 0.302 e. The number of fused-ring (bicyclic) bond motifs is 5. The molecule has 0 spiro atoms. The van der Waals surface area contributed by atoms with Crippen molar-refractivity contribution in [3.05, 3.63) is 0 Å². The zero-order valence-electron chi connectivity index (χ0n) is 22.7. The van der Waals surface area contributed by atoms with Gasteiger partial charge >= 0.3 is 5.97 Å². The fraction of sp³-hybridized carbons (Fsp3) is 0.933. The molecule has 0 aliphatic heterocycles. The average Bonchev–Trinajstić information content (AvgIpc) is 3.08. The molecule has 0 radical (unpaired) electrons. The van der Waals surface area contributed by atoms with Gasteiger partial charge in [0.05, 0.1) is 4.83 Å². The molecule has 0 aromatic carbocycles. The Morgan fingerprint density at radius 1 is 1.03 bits per heavy atom. The molecule has 0 amide bonds. The normalized spacial score (nSPS) is 45.8. The number of carbonyl (C=O) groups excluding carboxylic acids is 2. The van der Waals surface area contributed by atoms with E-state index in [2.05, 4.69) is 57.5 Å². The summed E-state index contributed by atoms with van der Waals surface area (Å²) in [4.78, 5) is 24.9. The van der Waals surface area contributed by atoms with Gasteiger partial charge in [-0.2, -0.15) is 0 Å². The zero-order valence-corrected chi connectivity index (χ0v) is 24.3. The fourth-order valence-corrected chi connectivity index (χ4v) is 10.4. The number of ether oxygens (including phenoxy) is 1. The van der Waals surface area contributed by atoms with E-state index in [1.165, 1.54) is 32.1 Å². The van der Waals surface area contributed by atoms with Crippen molar-refractivity contribution in [2.45, 2.75) is 117 Å². The van der Waals surface area contributed by atoms with Crippen LogP contribution in [0, 0.1) is 58.2 Å². The summed E-state index contributed by atoms with van der Waals surface area (Å²) in [6.45, 7) is 16.2. The summed E-state index contributed by atoms with van der Waals surface area (Å²) < 4.78 is 6.23. The van der Waals surface area contributed by atoms with Gasteiger partial charge in [-0.1, -0.05) is 70.3 Å². The highest BCUT2D eigenvalue weighted by Crippen LogP contribution is 2.69. The SMILES string of the molecule is CC(=O)O[C@@H]1C[C@]2(C)[C@@H]([C@H](C)CC[C@H](C)C(C)C)CC[C@H]2[C@@H]2CC[C@H]3CC(=O)[C@H](Br)C[C@]3(C)[C@H]21. The lowest BCUT2D eigenvalue weighted by Crippen LogP contribution is -2.61. The summed E-state index contributed by atoms with van der Waals surface area (Å²) in [5.41, 5.74) is 0.325. The molecule has 4 fully saturated rings. The number of rotatable bonds is 6. The Balaban J connectivity index is 1.61. The lowest BCUT2D eigenvalue weighted by Gasteiger charge is -2.62. The van der Waals surface area contributed by atoms with Crippen LogP contribution in [0.1, 0.15) is 106 Å². The summed E-state index contributed by atoms with van der Waals surface area (Å²) in [5.74, 6) is 5.37. The van der Waals surface area contributed by atoms with Gasteiger partial charge in [-0.25, -0.2) is 0 Å². The molecule has 0 unspecified atom stereocenters. The second-order valence-corrected chi connectivity index (χ2v) is 14.8. The van der Waals surface area contributed by atoms with Crippen LogP contribution in [-0.4, -0.2) is 22.7 Å². The molecule has 0 saturated heterocycles.